The van der Waals surface area contributed by atoms with Crippen molar-refractivity contribution in [1.82, 2.24) is 14.6 Å². The second-order valence-corrected chi connectivity index (χ2v) is 5.09. The molecule has 0 aliphatic rings. The third kappa shape index (κ3) is 2.52. The molecule has 0 bridgehead atoms. The second-order valence-electron chi connectivity index (χ2n) is 5.09. The van der Waals surface area contributed by atoms with Gasteiger partial charge in [0.15, 0.2) is 11.3 Å². The van der Waals surface area contributed by atoms with Crippen LogP contribution in [0, 0.1) is 12.8 Å². The van der Waals surface area contributed by atoms with Crippen LogP contribution in [0.3, 0.4) is 0 Å². The summed E-state index contributed by atoms with van der Waals surface area (Å²) in [6.07, 6.45) is 0. The predicted octanol–water partition coefficient (Wildman–Crippen LogP) is 1.83. The van der Waals surface area contributed by atoms with Gasteiger partial charge in [-0.1, -0.05) is 13.8 Å². The van der Waals surface area contributed by atoms with E-state index in [-0.39, 0.29) is 5.69 Å². The Balaban J connectivity index is 2.50. The molecule has 2 heterocycles. The molecule has 102 valence electrons. The quantitative estimate of drug-likeness (QED) is 0.910. The maximum absolute atomic E-state index is 11.2. The Morgan fingerprint density at radius 2 is 2.16 bits per heavy atom. The van der Waals surface area contributed by atoms with Crippen molar-refractivity contribution < 1.29 is 9.90 Å². The van der Waals surface area contributed by atoms with Gasteiger partial charge in [-0.15, -0.1) is 5.10 Å². The zero-order chi connectivity index (χ0) is 14.2. The van der Waals surface area contributed by atoms with Crippen LogP contribution in [0.25, 0.3) is 5.65 Å². The lowest BCUT2D eigenvalue weighted by Crippen LogP contribution is -2.24. The Morgan fingerprint density at radius 3 is 2.74 bits per heavy atom. The fourth-order valence-electron chi connectivity index (χ4n) is 2.12. The molecule has 0 aliphatic heterocycles. The number of aromatic nitrogens is 3. The minimum atomic E-state index is -1.01. The van der Waals surface area contributed by atoms with Gasteiger partial charge in [0, 0.05) is 13.6 Å². The average Bonchev–Trinajstić information content (AvgIpc) is 2.62. The van der Waals surface area contributed by atoms with Gasteiger partial charge in [0.2, 0.25) is 0 Å². The molecule has 0 radical (unpaired) electrons. The zero-order valence-corrected chi connectivity index (χ0v) is 11.6. The third-order valence-corrected chi connectivity index (χ3v) is 2.87. The standard InChI is InChI=1S/C13H18N4O2/c1-8(2)7-16(4)11-6-5-10-14-9(3)12(13(18)19)17(10)15-11/h5-6,8H,7H2,1-4H3,(H,18,19). The van der Waals surface area contributed by atoms with E-state index in [0.717, 1.165) is 12.4 Å². The lowest BCUT2D eigenvalue weighted by atomic mass is 10.2. The van der Waals surface area contributed by atoms with E-state index in [4.69, 9.17) is 0 Å². The van der Waals surface area contributed by atoms with Crippen LogP contribution in [-0.2, 0) is 0 Å². The van der Waals surface area contributed by atoms with Crippen LogP contribution in [0.5, 0.6) is 0 Å². The monoisotopic (exact) mass is 262 g/mol. The summed E-state index contributed by atoms with van der Waals surface area (Å²) in [4.78, 5) is 17.4. The van der Waals surface area contributed by atoms with E-state index in [1.165, 1.54) is 4.52 Å². The molecule has 0 amide bonds. The van der Waals surface area contributed by atoms with Crippen molar-refractivity contribution in [1.29, 1.82) is 0 Å². The Labute approximate surface area is 111 Å². The summed E-state index contributed by atoms with van der Waals surface area (Å²) in [6.45, 7) is 6.78. The summed E-state index contributed by atoms with van der Waals surface area (Å²) in [5, 5.41) is 13.6. The number of hydrogen-bond acceptors (Lipinski definition) is 4. The molecule has 6 nitrogen and oxygen atoms in total. The highest BCUT2D eigenvalue weighted by Gasteiger charge is 2.17. The molecular formula is C13H18N4O2. The molecular weight excluding hydrogens is 244 g/mol. The number of carboxylic acids is 1. The van der Waals surface area contributed by atoms with Crippen molar-refractivity contribution in [3.8, 4) is 0 Å². The highest BCUT2D eigenvalue weighted by Crippen LogP contribution is 2.15. The van der Waals surface area contributed by atoms with Crippen LogP contribution in [0.15, 0.2) is 12.1 Å². The number of hydrogen-bond donors (Lipinski definition) is 1. The maximum Gasteiger partial charge on any atom is 0.356 e. The first-order valence-corrected chi connectivity index (χ1v) is 6.21. The fourth-order valence-corrected chi connectivity index (χ4v) is 2.12. The fraction of sp³-hybridized carbons (Fsp3) is 0.462. The first-order valence-electron chi connectivity index (χ1n) is 6.21. The van der Waals surface area contributed by atoms with Crippen LogP contribution in [0.1, 0.15) is 30.0 Å². The van der Waals surface area contributed by atoms with E-state index in [0.29, 0.717) is 17.3 Å². The molecule has 0 fully saturated rings. The highest BCUT2D eigenvalue weighted by molar-refractivity contribution is 5.88. The summed E-state index contributed by atoms with van der Waals surface area (Å²) >= 11 is 0. The van der Waals surface area contributed by atoms with Crippen molar-refractivity contribution in [3.05, 3.63) is 23.5 Å². The van der Waals surface area contributed by atoms with Gasteiger partial charge >= 0.3 is 5.97 Å². The van der Waals surface area contributed by atoms with Crippen molar-refractivity contribution in [2.24, 2.45) is 5.92 Å². The average molecular weight is 262 g/mol. The molecule has 0 spiro atoms. The van der Waals surface area contributed by atoms with Gasteiger partial charge in [-0.2, -0.15) is 0 Å². The van der Waals surface area contributed by atoms with E-state index < -0.39 is 5.97 Å². The lowest BCUT2D eigenvalue weighted by molar-refractivity contribution is 0.0687. The van der Waals surface area contributed by atoms with Crippen LogP contribution in [-0.4, -0.2) is 39.3 Å². The summed E-state index contributed by atoms with van der Waals surface area (Å²) in [5.41, 5.74) is 1.15. The van der Waals surface area contributed by atoms with E-state index in [1.807, 2.05) is 18.0 Å². The maximum atomic E-state index is 11.2. The summed E-state index contributed by atoms with van der Waals surface area (Å²) in [6, 6.07) is 3.65. The molecule has 0 saturated carbocycles. The number of imidazole rings is 1. The summed E-state index contributed by atoms with van der Waals surface area (Å²) in [7, 11) is 1.94. The van der Waals surface area contributed by atoms with Gasteiger partial charge in [0.1, 0.15) is 5.82 Å². The van der Waals surface area contributed by atoms with Gasteiger partial charge in [-0.3, -0.25) is 0 Å². The van der Waals surface area contributed by atoms with Crippen molar-refractivity contribution in [3.63, 3.8) is 0 Å². The van der Waals surface area contributed by atoms with Crippen LogP contribution < -0.4 is 4.90 Å². The van der Waals surface area contributed by atoms with Gasteiger partial charge in [-0.25, -0.2) is 14.3 Å². The number of aromatic carboxylic acids is 1. The number of carboxylic acid groups (broad SMARTS) is 1. The van der Waals surface area contributed by atoms with E-state index in [9.17, 15) is 9.90 Å². The first kappa shape index (κ1) is 13.3. The third-order valence-electron chi connectivity index (χ3n) is 2.87. The first-order chi connectivity index (χ1) is 8.90. The molecule has 0 unspecified atom stereocenters. The summed E-state index contributed by atoms with van der Waals surface area (Å²) in [5.74, 6) is 0.230. The zero-order valence-electron chi connectivity index (χ0n) is 11.6. The number of anilines is 1. The van der Waals surface area contributed by atoms with Gasteiger partial charge < -0.3 is 10.0 Å². The highest BCUT2D eigenvalue weighted by atomic mass is 16.4. The molecule has 0 atom stereocenters. The number of rotatable bonds is 4. The normalized spacial score (nSPS) is 11.2. The molecule has 6 heteroatoms. The topological polar surface area (TPSA) is 70.7 Å². The minimum absolute atomic E-state index is 0.120. The molecule has 2 aromatic heterocycles. The van der Waals surface area contributed by atoms with Crippen LogP contribution in [0.2, 0.25) is 0 Å². The largest absolute Gasteiger partial charge is 0.476 e. The number of carbonyl (C=O) groups is 1. The SMILES string of the molecule is Cc1nc2ccc(N(C)CC(C)C)nn2c1C(=O)O. The van der Waals surface area contributed by atoms with E-state index >= 15 is 0 Å². The Morgan fingerprint density at radius 1 is 1.47 bits per heavy atom. The van der Waals surface area contributed by atoms with Crippen molar-refractivity contribution >= 4 is 17.4 Å². The van der Waals surface area contributed by atoms with Gasteiger partial charge in [0.05, 0.1) is 5.69 Å². The molecule has 0 aromatic carbocycles. The number of aryl methyl sites for hydroxylation is 1. The Kier molecular flexibility index (Phi) is 3.42. The Bertz CT molecular complexity index is 618. The molecule has 0 saturated heterocycles. The second kappa shape index (κ2) is 4.87. The molecule has 2 rings (SSSR count). The van der Waals surface area contributed by atoms with Crippen LogP contribution in [0.4, 0.5) is 5.82 Å². The number of fused-ring (bicyclic) bond motifs is 1. The minimum Gasteiger partial charge on any atom is -0.476 e. The molecule has 19 heavy (non-hydrogen) atoms. The van der Waals surface area contributed by atoms with Crippen molar-refractivity contribution in [2.75, 3.05) is 18.5 Å². The Hall–Kier alpha value is -2.11. The van der Waals surface area contributed by atoms with E-state index in [2.05, 4.69) is 23.9 Å². The molecule has 0 aliphatic carbocycles. The van der Waals surface area contributed by atoms with Gasteiger partial charge in [0.25, 0.3) is 0 Å². The van der Waals surface area contributed by atoms with Gasteiger partial charge in [-0.05, 0) is 25.0 Å². The number of nitrogens with zero attached hydrogens (tertiary/aromatic N) is 4. The smallest absolute Gasteiger partial charge is 0.356 e. The molecule has 2 aromatic rings. The lowest BCUT2D eigenvalue weighted by Gasteiger charge is -2.20. The van der Waals surface area contributed by atoms with Crippen molar-refractivity contribution in [2.45, 2.75) is 20.8 Å². The predicted molar refractivity (Wildman–Crippen MR) is 72.8 cm³/mol. The molecule has 1 N–H and O–H groups in total. The summed E-state index contributed by atoms with van der Waals surface area (Å²) < 4.78 is 1.39. The van der Waals surface area contributed by atoms with E-state index in [1.54, 1.807) is 13.0 Å². The van der Waals surface area contributed by atoms with Crippen LogP contribution >= 0.6 is 0 Å².